The molecule has 4 aromatic rings. The van der Waals surface area contributed by atoms with E-state index in [9.17, 15) is 24.9 Å². The second-order valence-corrected chi connectivity index (χ2v) is 12.0. The average Bonchev–Trinajstić information content (AvgIpc) is 3.05. The van der Waals surface area contributed by atoms with E-state index in [1.807, 2.05) is 13.0 Å². The molecule has 3 aromatic heterocycles. The Balaban J connectivity index is 1.77. The molecular formula is C35H40N4O8. The number of nitrogens with two attached hydrogens (primary N) is 2. The third-order valence-corrected chi connectivity index (χ3v) is 8.82. The average molecular weight is 645 g/mol. The highest BCUT2D eigenvalue weighted by molar-refractivity contribution is 5.92. The van der Waals surface area contributed by atoms with Crippen molar-refractivity contribution in [1.29, 1.82) is 0 Å². The number of pyridine rings is 2. The van der Waals surface area contributed by atoms with Crippen LogP contribution >= 0.6 is 0 Å². The monoisotopic (exact) mass is 644 g/mol. The number of hydrogen-bond acceptors (Lipinski definition) is 12. The van der Waals surface area contributed by atoms with Crippen molar-refractivity contribution in [3.8, 4) is 11.5 Å². The smallest absolute Gasteiger partial charge is 0.333 e. The van der Waals surface area contributed by atoms with Crippen molar-refractivity contribution in [3.63, 3.8) is 0 Å². The third kappa shape index (κ3) is 6.79. The van der Waals surface area contributed by atoms with Crippen LogP contribution < -0.4 is 21.6 Å². The minimum absolute atomic E-state index is 0.00121. The van der Waals surface area contributed by atoms with Gasteiger partial charge in [-0.3, -0.25) is 4.79 Å². The summed E-state index contributed by atoms with van der Waals surface area (Å²) in [5.41, 5.74) is 12.9. The molecule has 0 radical (unpaired) electrons. The fraction of sp³-hybridized carbons (Fsp3) is 0.371. The molecule has 0 saturated carbocycles. The van der Waals surface area contributed by atoms with E-state index in [-0.39, 0.29) is 52.6 Å². The van der Waals surface area contributed by atoms with Crippen LogP contribution in [0.15, 0.2) is 63.6 Å². The van der Waals surface area contributed by atoms with Crippen LogP contribution in [0.5, 0.6) is 11.5 Å². The molecule has 3 atom stereocenters. The second kappa shape index (κ2) is 13.8. The molecule has 0 aliphatic carbocycles. The van der Waals surface area contributed by atoms with Crippen LogP contribution in [0.25, 0.3) is 11.0 Å². The predicted molar refractivity (Wildman–Crippen MR) is 176 cm³/mol. The number of aromatic nitrogens is 2. The van der Waals surface area contributed by atoms with E-state index in [2.05, 4.69) is 9.97 Å². The molecule has 12 heteroatoms. The molecule has 0 amide bonds. The van der Waals surface area contributed by atoms with Crippen LogP contribution in [0.2, 0.25) is 0 Å². The van der Waals surface area contributed by atoms with Gasteiger partial charge in [0.15, 0.2) is 5.43 Å². The fourth-order valence-electron chi connectivity index (χ4n) is 6.03. The number of aliphatic hydroxyl groups is 2. The van der Waals surface area contributed by atoms with Crippen LogP contribution in [0.1, 0.15) is 74.0 Å². The van der Waals surface area contributed by atoms with Gasteiger partial charge in [0.2, 0.25) is 0 Å². The molecule has 12 nitrogen and oxygen atoms in total. The number of carbonyl (C=O) groups excluding carboxylic acids is 1. The van der Waals surface area contributed by atoms with Gasteiger partial charge in [0.05, 0.1) is 0 Å². The number of aliphatic hydroxyl groups excluding tert-OH is 2. The number of nitrogen functional groups attached to an aromatic ring is 2. The molecular weight excluding hydrogens is 604 g/mol. The van der Waals surface area contributed by atoms with E-state index < -0.39 is 35.6 Å². The lowest BCUT2D eigenvalue weighted by atomic mass is 9.79. The van der Waals surface area contributed by atoms with Crippen molar-refractivity contribution in [3.05, 3.63) is 92.6 Å². The van der Waals surface area contributed by atoms with Gasteiger partial charge in [-0.05, 0) is 75.8 Å². The van der Waals surface area contributed by atoms with Crippen molar-refractivity contribution >= 4 is 28.6 Å². The van der Waals surface area contributed by atoms with Gasteiger partial charge < -0.3 is 40.7 Å². The SMILES string of the molecule is C/C=C(/C)C(=O)O[C@@H]1Cc2c(c([C@H](CCCO)c3ccnc(N)c3)c3oc(CO)cc(=O)c3c2O)O[C@@]1(C)CCc1ccc(N)nc1. The zero-order valence-electron chi connectivity index (χ0n) is 26.7. The molecule has 5 rings (SSSR count). The minimum Gasteiger partial charge on any atom is -0.507 e. The summed E-state index contributed by atoms with van der Waals surface area (Å²) in [5, 5.41) is 31.4. The first-order valence-electron chi connectivity index (χ1n) is 15.5. The van der Waals surface area contributed by atoms with Gasteiger partial charge in [-0.15, -0.1) is 0 Å². The number of ether oxygens (including phenoxy) is 2. The Bertz CT molecular complexity index is 1870. The number of aromatic hydroxyl groups is 1. The van der Waals surface area contributed by atoms with E-state index in [1.54, 1.807) is 50.5 Å². The van der Waals surface area contributed by atoms with E-state index >= 15 is 0 Å². The maximum atomic E-state index is 13.5. The first kappa shape index (κ1) is 33.4. The molecule has 1 aromatic carbocycles. The second-order valence-electron chi connectivity index (χ2n) is 12.0. The lowest BCUT2D eigenvalue weighted by Gasteiger charge is -2.43. The highest BCUT2D eigenvalue weighted by atomic mass is 16.6. The van der Waals surface area contributed by atoms with Gasteiger partial charge in [0.25, 0.3) is 0 Å². The Hall–Kier alpha value is -4.94. The van der Waals surface area contributed by atoms with Crippen LogP contribution in [-0.4, -0.2) is 49.6 Å². The number of aryl methyl sites for hydroxylation is 1. The van der Waals surface area contributed by atoms with E-state index in [1.165, 1.54) is 0 Å². The number of phenolic OH excluding ortho intramolecular Hbond substituents is 1. The quantitative estimate of drug-likeness (QED) is 0.116. The molecule has 47 heavy (non-hydrogen) atoms. The first-order chi connectivity index (χ1) is 22.5. The number of hydrogen-bond donors (Lipinski definition) is 5. The molecule has 0 fully saturated rings. The first-order valence-corrected chi connectivity index (χ1v) is 15.5. The minimum atomic E-state index is -1.14. The number of rotatable bonds is 11. The van der Waals surface area contributed by atoms with Crippen molar-refractivity contribution in [2.45, 2.75) is 77.1 Å². The summed E-state index contributed by atoms with van der Waals surface area (Å²) in [6, 6.07) is 8.17. The summed E-state index contributed by atoms with van der Waals surface area (Å²) in [6.07, 6.45) is 5.66. The van der Waals surface area contributed by atoms with E-state index in [0.717, 1.165) is 11.6 Å². The zero-order valence-corrected chi connectivity index (χ0v) is 26.7. The topological polar surface area (TPSA) is 204 Å². The van der Waals surface area contributed by atoms with Crippen LogP contribution in [0.4, 0.5) is 11.6 Å². The molecule has 1 aliphatic rings. The molecule has 0 saturated heterocycles. The van der Waals surface area contributed by atoms with Gasteiger partial charge >= 0.3 is 5.97 Å². The number of anilines is 2. The van der Waals surface area contributed by atoms with E-state index in [0.29, 0.717) is 48.2 Å². The van der Waals surface area contributed by atoms with Gasteiger partial charge in [-0.2, -0.15) is 0 Å². The molecule has 1 aliphatic heterocycles. The summed E-state index contributed by atoms with van der Waals surface area (Å²) >= 11 is 0. The predicted octanol–water partition coefficient (Wildman–Crippen LogP) is 4.05. The summed E-state index contributed by atoms with van der Waals surface area (Å²) in [4.78, 5) is 34.9. The third-order valence-electron chi connectivity index (χ3n) is 8.82. The Labute approximate surface area is 271 Å². The lowest BCUT2D eigenvalue weighted by Crippen LogP contribution is -2.52. The highest BCUT2D eigenvalue weighted by Crippen LogP contribution is 2.51. The number of phenols is 1. The molecule has 248 valence electrons. The summed E-state index contributed by atoms with van der Waals surface area (Å²) in [7, 11) is 0. The van der Waals surface area contributed by atoms with E-state index in [4.69, 9.17) is 25.4 Å². The Kier molecular flexibility index (Phi) is 9.83. The number of carbonyl (C=O) groups is 1. The van der Waals surface area contributed by atoms with Crippen LogP contribution in [0, 0.1) is 0 Å². The maximum Gasteiger partial charge on any atom is 0.333 e. The summed E-state index contributed by atoms with van der Waals surface area (Å²) < 4.78 is 19.1. The maximum absolute atomic E-state index is 13.5. The van der Waals surface area contributed by atoms with Crippen molar-refractivity contribution in [2.24, 2.45) is 0 Å². The van der Waals surface area contributed by atoms with Crippen LogP contribution in [0.3, 0.4) is 0 Å². The fourth-order valence-corrected chi connectivity index (χ4v) is 6.03. The van der Waals surface area contributed by atoms with Crippen molar-refractivity contribution < 1.29 is 34.0 Å². The number of allylic oxidation sites excluding steroid dienone is 1. The zero-order chi connectivity index (χ0) is 33.9. The van der Waals surface area contributed by atoms with Gasteiger partial charge in [0, 0.05) is 54.1 Å². The molecule has 0 spiro atoms. The molecule has 4 heterocycles. The van der Waals surface area contributed by atoms with Gasteiger partial charge in [-0.1, -0.05) is 12.1 Å². The lowest BCUT2D eigenvalue weighted by molar-refractivity contribution is -0.158. The Morgan fingerprint density at radius 3 is 2.64 bits per heavy atom. The number of esters is 1. The number of fused-ring (bicyclic) bond motifs is 2. The summed E-state index contributed by atoms with van der Waals surface area (Å²) in [5.74, 6) is -0.526. The van der Waals surface area contributed by atoms with Gasteiger partial charge in [-0.25, -0.2) is 14.8 Å². The number of benzene rings is 1. The number of nitrogens with zero attached hydrogens (tertiary/aromatic N) is 2. The van der Waals surface area contributed by atoms with Crippen molar-refractivity contribution in [1.82, 2.24) is 9.97 Å². The molecule has 0 unspecified atom stereocenters. The standard InChI is InChI=1S/C35H40N4O8/c1-4-19(2)34(44)46-26-16-24-31(43)30-25(42)15-22(18-41)45-33(30)29(23(6-5-13-40)21-10-12-38-28(37)14-21)32(24)47-35(26,3)11-9-20-7-8-27(36)39-17-20/h4,7-8,10,12,14-15,17,23,26,40-41,43H,5-6,9,11,13,16,18H2,1-3H3,(H2,36,39)(H2,37,38)/b19-4-/t23-,26-,35+/m1/s1. The largest absolute Gasteiger partial charge is 0.507 e. The Morgan fingerprint density at radius 2 is 1.98 bits per heavy atom. The van der Waals surface area contributed by atoms with Gasteiger partial charge in [0.1, 0.15) is 58.2 Å². The van der Waals surface area contributed by atoms with Crippen molar-refractivity contribution in [2.75, 3.05) is 18.1 Å². The normalized spacial score (nSPS) is 18.4. The Morgan fingerprint density at radius 1 is 1.19 bits per heavy atom. The van der Waals surface area contributed by atoms with Crippen LogP contribution in [-0.2, 0) is 29.0 Å². The molecule has 0 bridgehead atoms. The summed E-state index contributed by atoms with van der Waals surface area (Å²) in [6.45, 7) is 4.55. The highest BCUT2D eigenvalue weighted by Gasteiger charge is 2.47. The molecule has 7 N–H and O–H groups in total.